The number of aliphatic hydroxyl groups excluding tert-OH is 1. The van der Waals surface area contributed by atoms with Gasteiger partial charge in [-0.2, -0.15) is 0 Å². The highest BCUT2D eigenvalue weighted by atomic mass is 35.5. The van der Waals surface area contributed by atoms with Gasteiger partial charge in [-0.25, -0.2) is 0 Å². The summed E-state index contributed by atoms with van der Waals surface area (Å²) in [6.45, 7) is 4.63. The zero-order chi connectivity index (χ0) is 14.6. The van der Waals surface area contributed by atoms with Gasteiger partial charge in [0.2, 0.25) is 0 Å². The lowest BCUT2D eigenvalue weighted by atomic mass is 9.95. The fourth-order valence-corrected chi connectivity index (χ4v) is 1.64. The van der Waals surface area contributed by atoms with E-state index in [4.69, 9.17) is 11.6 Å². The summed E-state index contributed by atoms with van der Waals surface area (Å²) in [5.74, 6) is -0.130. The first-order valence-electron chi connectivity index (χ1n) is 6.13. The molecule has 0 saturated heterocycles. The summed E-state index contributed by atoms with van der Waals surface area (Å²) >= 11 is 6.04. The Bertz CT molecular complexity index is 459. The second-order valence-electron chi connectivity index (χ2n) is 5.57. The minimum absolute atomic E-state index is 0.0943. The van der Waals surface area contributed by atoms with Crippen LogP contribution >= 0.6 is 11.6 Å². The van der Waals surface area contributed by atoms with Crippen LogP contribution < -0.4 is 5.32 Å². The average Bonchev–Trinajstić information content (AvgIpc) is 2.37. The maximum atomic E-state index is 11.9. The van der Waals surface area contributed by atoms with Crippen molar-refractivity contribution in [2.45, 2.75) is 13.8 Å². The Morgan fingerprint density at radius 3 is 2.58 bits per heavy atom. The lowest BCUT2D eigenvalue weighted by molar-refractivity contribution is 0.0828. The molecule has 1 aromatic rings. The smallest absolute Gasteiger partial charge is 0.254 e. The van der Waals surface area contributed by atoms with E-state index >= 15 is 0 Å². The van der Waals surface area contributed by atoms with Gasteiger partial charge in [0.25, 0.3) is 5.91 Å². The number of halogens is 1. The fourth-order valence-electron chi connectivity index (χ4n) is 1.44. The van der Waals surface area contributed by atoms with E-state index in [9.17, 15) is 9.90 Å². The highest BCUT2D eigenvalue weighted by molar-refractivity contribution is 6.34. The Morgan fingerprint density at radius 2 is 2.05 bits per heavy atom. The normalized spacial score (nSPS) is 11.3. The topological polar surface area (TPSA) is 52.6 Å². The predicted octanol–water partition coefficient (Wildman–Crippen LogP) is 2.47. The molecule has 2 N–H and O–H groups in total. The van der Waals surface area contributed by atoms with E-state index in [0.29, 0.717) is 17.1 Å². The number of aliphatic hydroxyl groups is 1. The molecule has 0 aliphatic carbocycles. The number of hydrogen-bond acceptors (Lipinski definition) is 3. The number of carbonyl (C=O) groups is 1. The molecule has 1 aromatic carbocycles. The van der Waals surface area contributed by atoms with Crippen molar-refractivity contribution in [1.29, 1.82) is 0 Å². The number of nitrogens with zero attached hydrogens (tertiary/aromatic N) is 1. The van der Waals surface area contributed by atoms with Crippen molar-refractivity contribution in [3.05, 3.63) is 28.8 Å². The monoisotopic (exact) mass is 284 g/mol. The zero-order valence-corrected chi connectivity index (χ0v) is 12.6. The van der Waals surface area contributed by atoms with Crippen LogP contribution in [0.3, 0.4) is 0 Å². The molecule has 0 heterocycles. The second kappa shape index (κ2) is 6.26. The van der Waals surface area contributed by atoms with Crippen LogP contribution in [0.4, 0.5) is 5.69 Å². The minimum atomic E-state index is -0.217. The average molecular weight is 285 g/mol. The molecule has 0 radical (unpaired) electrons. The molecule has 0 unspecified atom stereocenters. The Labute approximate surface area is 119 Å². The van der Waals surface area contributed by atoms with Gasteiger partial charge < -0.3 is 15.3 Å². The van der Waals surface area contributed by atoms with Gasteiger partial charge in [0.05, 0.1) is 10.6 Å². The van der Waals surface area contributed by atoms with Gasteiger partial charge in [-0.3, -0.25) is 4.79 Å². The summed E-state index contributed by atoms with van der Waals surface area (Å²) in [5, 5.41) is 12.9. The van der Waals surface area contributed by atoms with E-state index in [-0.39, 0.29) is 17.9 Å². The maximum absolute atomic E-state index is 11.9. The molecule has 19 heavy (non-hydrogen) atoms. The van der Waals surface area contributed by atoms with Gasteiger partial charge >= 0.3 is 0 Å². The van der Waals surface area contributed by atoms with Gasteiger partial charge in [-0.05, 0) is 18.2 Å². The number of benzene rings is 1. The maximum Gasteiger partial charge on any atom is 0.254 e. The van der Waals surface area contributed by atoms with Crippen molar-refractivity contribution in [3.8, 4) is 0 Å². The molecule has 0 aliphatic rings. The van der Waals surface area contributed by atoms with Crippen LogP contribution in [0.2, 0.25) is 5.02 Å². The summed E-state index contributed by atoms with van der Waals surface area (Å²) in [5.41, 5.74) is 1.07. The Kier molecular flexibility index (Phi) is 5.20. The predicted molar refractivity (Wildman–Crippen MR) is 78.8 cm³/mol. The summed E-state index contributed by atoms with van der Waals surface area (Å²) in [7, 11) is 3.38. The SMILES string of the molecule is CN(C)C(=O)c1cc(NCC(C)(C)CO)ccc1Cl. The molecule has 0 atom stereocenters. The Hall–Kier alpha value is -1.26. The van der Waals surface area contributed by atoms with Crippen molar-refractivity contribution in [2.75, 3.05) is 32.6 Å². The summed E-state index contributed by atoms with van der Waals surface area (Å²) in [6, 6.07) is 5.26. The summed E-state index contributed by atoms with van der Waals surface area (Å²) < 4.78 is 0. The lowest BCUT2D eigenvalue weighted by Gasteiger charge is -2.23. The number of carbonyl (C=O) groups excluding carboxylic acids is 1. The third-order valence-electron chi connectivity index (χ3n) is 2.80. The Balaban J connectivity index is 2.88. The molecule has 1 rings (SSSR count). The highest BCUT2D eigenvalue weighted by Crippen LogP contribution is 2.23. The summed E-state index contributed by atoms with van der Waals surface area (Å²) in [6.07, 6.45) is 0. The largest absolute Gasteiger partial charge is 0.396 e. The van der Waals surface area contributed by atoms with Crippen LogP contribution in [0, 0.1) is 5.41 Å². The molecule has 0 aromatic heterocycles. The molecule has 0 saturated carbocycles. The van der Waals surface area contributed by atoms with E-state index in [0.717, 1.165) is 5.69 Å². The fraction of sp³-hybridized carbons (Fsp3) is 0.500. The van der Waals surface area contributed by atoms with Crippen molar-refractivity contribution in [3.63, 3.8) is 0 Å². The minimum Gasteiger partial charge on any atom is -0.396 e. The van der Waals surface area contributed by atoms with E-state index in [1.54, 1.807) is 26.2 Å². The molecular formula is C14H21ClN2O2. The molecule has 0 aliphatic heterocycles. The number of anilines is 1. The van der Waals surface area contributed by atoms with Crippen molar-refractivity contribution in [2.24, 2.45) is 5.41 Å². The van der Waals surface area contributed by atoms with Crippen molar-refractivity contribution < 1.29 is 9.90 Å². The van der Waals surface area contributed by atoms with Crippen LogP contribution in [-0.4, -0.2) is 43.2 Å². The number of rotatable bonds is 5. The van der Waals surface area contributed by atoms with Crippen molar-refractivity contribution >= 4 is 23.2 Å². The Morgan fingerprint density at radius 1 is 1.42 bits per heavy atom. The third kappa shape index (κ3) is 4.40. The molecule has 0 fully saturated rings. The van der Waals surface area contributed by atoms with Crippen molar-refractivity contribution in [1.82, 2.24) is 4.90 Å². The molecule has 1 amide bonds. The molecule has 5 heteroatoms. The van der Waals surface area contributed by atoms with E-state index in [2.05, 4.69) is 5.32 Å². The number of nitrogens with one attached hydrogen (secondary N) is 1. The second-order valence-corrected chi connectivity index (χ2v) is 5.98. The van der Waals surface area contributed by atoms with Crippen LogP contribution in [0.15, 0.2) is 18.2 Å². The van der Waals surface area contributed by atoms with Gasteiger partial charge in [-0.1, -0.05) is 25.4 Å². The molecular weight excluding hydrogens is 264 g/mol. The molecule has 0 spiro atoms. The molecule has 0 bridgehead atoms. The van der Waals surface area contributed by atoms with Gasteiger partial charge in [-0.15, -0.1) is 0 Å². The number of amides is 1. The van der Waals surface area contributed by atoms with Crippen LogP contribution in [0.1, 0.15) is 24.2 Å². The van der Waals surface area contributed by atoms with Gasteiger partial charge in [0, 0.05) is 38.3 Å². The quantitative estimate of drug-likeness (QED) is 0.873. The molecule has 106 valence electrons. The van der Waals surface area contributed by atoms with Crippen LogP contribution in [-0.2, 0) is 0 Å². The van der Waals surface area contributed by atoms with Gasteiger partial charge in [0.1, 0.15) is 0 Å². The lowest BCUT2D eigenvalue weighted by Crippen LogP contribution is -2.27. The van der Waals surface area contributed by atoms with Gasteiger partial charge in [0.15, 0.2) is 0 Å². The first kappa shape index (κ1) is 15.8. The number of hydrogen-bond donors (Lipinski definition) is 2. The van der Waals surface area contributed by atoms with E-state index in [1.165, 1.54) is 4.90 Å². The van der Waals surface area contributed by atoms with Crippen LogP contribution in [0.5, 0.6) is 0 Å². The molecule has 4 nitrogen and oxygen atoms in total. The highest BCUT2D eigenvalue weighted by Gasteiger charge is 2.17. The van der Waals surface area contributed by atoms with E-state index in [1.807, 2.05) is 19.9 Å². The first-order valence-corrected chi connectivity index (χ1v) is 6.50. The third-order valence-corrected chi connectivity index (χ3v) is 3.13. The summed E-state index contributed by atoms with van der Waals surface area (Å²) in [4.78, 5) is 13.4. The first-order chi connectivity index (χ1) is 8.76. The standard InChI is InChI=1S/C14H21ClN2O2/c1-14(2,9-18)8-16-10-5-6-12(15)11(7-10)13(19)17(3)4/h5-7,16,18H,8-9H2,1-4H3. The van der Waals surface area contributed by atoms with Crippen LogP contribution in [0.25, 0.3) is 0 Å². The zero-order valence-electron chi connectivity index (χ0n) is 11.8. The van der Waals surface area contributed by atoms with E-state index < -0.39 is 0 Å².